The molecule has 17 heavy (non-hydrogen) atoms. The molecule has 0 aliphatic carbocycles. The molecule has 0 aliphatic rings. The van der Waals surface area contributed by atoms with E-state index in [1.54, 1.807) is 24.4 Å². The van der Waals surface area contributed by atoms with Crippen molar-refractivity contribution in [2.24, 2.45) is 0 Å². The number of hydrogen-bond donors (Lipinski definition) is 3. The molecule has 0 spiro atoms. The lowest BCUT2D eigenvalue weighted by molar-refractivity contribution is 0.102. The number of rotatable bonds is 2. The number of benzene rings is 1. The smallest absolute Gasteiger partial charge is 0.258 e. The van der Waals surface area contributed by atoms with E-state index in [0.29, 0.717) is 5.56 Å². The average Bonchev–Trinajstić information content (AvgIpc) is 2.97. The first-order valence-corrected chi connectivity index (χ1v) is 4.93. The molecule has 3 aromatic rings. The fourth-order valence-corrected chi connectivity index (χ4v) is 1.53. The van der Waals surface area contributed by atoms with Crippen molar-refractivity contribution in [2.75, 3.05) is 5.32 Å². The molecule has 3 rings (SSSR count). The molecule has 0 fully saturated rings. The highest BCUT2D eigenvalue weighted by Crippen LogP contribution is 2.13. The molecule has 3 N–H and O–H groups in total. The summed E-state index contributed by atoms with van der Waals surface area (Å²) in [5.41, 5.74) is 1.42. The monoisotopic (exact) mass is 228 g/mol. The lowest BCUT2D eigenvalue weighted by atomic mass is 10.1. The van der Waals surface area contributed by atoms with E-state index in [4.69, 9.17) is 0 Å². The number of hydrogen-bond acceptors (Lipinski definition) is 4. The van der Waals surface area contributed by atoms with Gasteiger partial charge in [0, 0.05) is 10.9 Å². The molecule has 0 bridgehead atoms. The summed E-state index contributed by atoms with van der Waals surface area (Å²) in [5.74, 6) is -0.00464. The van der Waals surface area contributed by atoms with Gasteiger partial charge >= 0.3 is 0 Å². The van der Waals surface area contributed by atoms with Gasteiger partial charge in [0.15, 0.2) is 0 Å². The van der Waals surface area contributed by atoms with Crippen LogP contribution in [0.25, 0.3) is 10.9 Å². The summed E-state index contributed by atoms with van der Waals surface area (Å²) >= 11 is 0. The van der Waals surface area contributed by atoms with Gasteiger partial charge in [-0.05, 0) is 18.2 Å². The Morgan fingerprint density at radius 3 is 3.12 bits per heavy atom. The van der Waals surface area contributed by atoms with Crippen LogP contribution in [0.5, 0.6) is 0 Å². The molecule has 0 radical (unpaired) electrons. The molecule has 0 unspecified atom stereocenters. The van der Waals surface area contributed by atoms with Gasteiger partial charge in [0.2, 0.25) is 5.95 Å². The number of amides is 1. The van der Waals surface area contributed by atoms with Crippen LogP contribution in [0, 0.1) is 0 Å². The minimum atomic E-state index is -0.257. The Bertz CT molecular complexity index is 656. The van der Waals surface area contributed by atoms with Gasteiger partial charge in [0.25, 0.3) is 5.91 Å². The third-order valence-corrected chi connectivity index (χ3v) is 2.34. The van der Waals surface area contributed by atoms with E-state index < -0.39 is 0 Å². The lowest BCUT2D eigenvalue weighted by Crippen LogP contribution is -2.12. The summed E-state index contributed by atoms with van der Waals surface area (Å²) < 4.78 is 0. The summed E-state index contributed by atoms with van der Waals surface area (Å²) in [6.07, 6.45) is 3.06. The first-order chi connectivity index (χ1) is 8.33. The summed E-state index contributed by atoms with van der Waals surface area (Å²) in [6, 6.07) is 5.26. The van der Waals surface area contributed by atoms with Crippen molar-refractivity contribution in [1.82, 2.24) is 25.4 Å². The molecule has 0 aliphatic heterocycles. The topological polar surface area (TPSA) is 99.4 Å². The van der Waals surface area contributed by atoms with Crippen LogP contribution in [-0.2, 0) is 0 Å². The second-order valence-corrected chi connectivity index (χ2v) is 3.45. The molecular weight excluding hydrogens is 220 g/mol. The third kappa shape index (κ3) is 1.73. The number of aromatic amines is 2. The predicted octanol–water partition coefficient (Wildman–Crippen LogP) is 0.933. The van der Waals surface area contributed by atoms with Crippen molar-refractivity contribution in [2.45, 2.75) is 0 Å². The first kappa shape index (κ1) is 9.52. The van der Waals surface area contributed by atoms with Gasteiger partial charge in [0.05, 0.1) is 11.7 Å². The van der Waals surface area contributed by atoms with Gasteiger partial charge in [-0.2, -0.15) is 5.10 Å². The van der Waals surface area contributed by atoms with Crippen molar-refractivity contribution in [1.29, 1.82) is 0 Å². The summed E-state index contributed by atoms with van der Waals surface area (Å²) in [5, 5.41) is 16.4. The number of carbonyl (C=O) groups is 1. The summed E-state index contributed by atoms with van der Waals surface area (Å²) in [4.78, 5) is 15.7. The number of nitrogens with one attached hydrogen (secondary N) is 3. The van der Waals surface area contributed by atoms with Crippen molar-refractivity contribution in [3.05, 3.63) is 36.3 Å². The molecule has 0 saturated carbocycles. The molecule has 1 amide bonds. The Morgan fingerprint density at radius 2 is 2.29 bits per heavy atom. The largest absolute Gasteiger partial charge is 0.289 e. The van der Waals surface area contributed by atoms with Crippen LogP contribution < -0.4 is 5.32 Å². The molecule has 0 saturated heterocycles. The standard InChI is InChI=1S/C10H8N6O/c17-9(14-10-11-5-13-16-10)6-1-2-8-7(3-6)4-12-15-8/h1-5H,(H,12,15)(H2,11,13,14,16,17). The number of aromatic nitrogens is 5. The van der Waals surface area contributed by atoms with Crippen LogP contribution in [0.1, 0.15) is 10.4 Å². The molecule has 1 aromatic carbocycles. The molecule has 84 valence electrons. The highest BCUT2D eigenvalue weighted by atomic mass is 16.1. The number of anilines is 1. The number of fused-ring (bicyclic) bond motifs is 1. The quantitative estimate of drug-likeness (QED) is 0.607. The highest BCUT2D eigenvalue weighted by molar-refractivity contribution is 6.05. The fourth-order valence-electron chi connectivity index (χ4n) is 1.53. The zero-order valence-corrected chi connectivity index (χ0v) is 8.64. The van der Waals surface area contributed by atoms with Gasteiger partial charge in [-0.1, -0.05) is 0 Å². The zero-order chi connectivity index (χ0) is 11.7. The number of carbonyl (C=O) groups excluding carboxylic acids is 1. The van der Waals surface area contributed by atoms with E-state index in [1.807, 2.05) is 0 Å². The van der Waals surface area contributed by atoms with E-state index >= 15 is 0 Å². The fraction of sp³-hybridized carbons (Fsp3) is 0. The maximum absolute atomic E-state index is 11.8. The Hall–Kier alpha value is -2.70. The van der Waals surface area contributed by atoms with E-state index in [2.05, 4.69) is 30.7 Å². The van der Waals surface area contributed by atoms with E-state index in [0.717, 1.165) is 10.9 Å². The van der Waals surface area contributed by atoms with Gasteiger partial charge in [0.1, 0.15) is 6.33 Å². The van der Waals surface area contributed by atoms with Crippen LogP contribution in [0.2, 0.25) is 0 Å². The molecule has 2 heterocycles. The van der Waals surface area contributed by atoms with Gasteiger partial charge in [-0.25, -0.2) is 4.98 Å². The normalized spacial score (nSPS) is 10.6. The first-order valence-electron chi connectivity index (χ1n) is 4.93. The van der Waals surface area contributed by atoms with Crippen LogP contribution in [0.4, 0.5) is 5.95 Å². The van der Waals surface area contributed by atoms with E-state index in [-0.39, 0.29) is 11.9 Å². The summed E-state index contributed by atoms with van der Waals surface area (Å²) in [7, 11) is 0. The minimum Gasteiger partial charge on any atom is -0.289 e. The van der Waals surface area contributed by atoms with Crippen molar-refractivity contribution >= 4 is 22.8 Å². The maximum atomic E-state index is 11.8. The van der Waals surface area contributed by atoms with Gasteiger partial charge in [-0.15, -0.1) is 5.10 Å². The Labute approximate surface area is 95.3 Å². The second kappa shape index (κ2) is 3.71. The zero-order valence-electron chi connectivity index (χ0n) is 8.64. The van der Waals surface area contributed by atoms with Crippen molar-refractivity contribution in [3.8, 4) is 0 Å². The SMILES string of the molecule is O=C(Nc1nc[nH]n1)c1ccc2[nH]ncc2c1. The van der Waals surface area contributed by atoms with Crippen LogP contribution in [-0.4, -0.2) is 31.3 Å². The average molecular weight is 228 g/mol. The van der Waals surface area contributed by atoms with Crippen LogP contribution >= 0.6 is 0 Å². The Balaban J connectivity index is 1.90. The minimum absolute atomic E-state index is 0.252. The molecule has 2 aromatic heterocycles. The van der Waals surface area contributed by atoms with Crippen molar-refractivity contribution in [3.63, 3.8) is 0 Å². The molecule has 0 atom stereocenters. The van der Waals surface area contributed by atoms with Crippen LogP contribution in [0.3, 0.4) is 0 Å². The molecular formula is C10H8N6O. The third-order valence-electron chi connectivity index (χ3n) is 2.34. The highest BCUT2D eigenvalue weighted by Gasteiger charge is 2.08. The maximum Gasteiger partial charge on any atom is 0.258 e. The number of nitrogens with zero attached hydrogens (tertiary/aromatic N) is 3. The summed E-state index contributed by atoms with van der Waals surface area (Å²) in [6.45, 7) is 0. The predicted molar refractivity (Wildman–Crippen MR) is 60.4 cm³/mol. The number of H-pyrrole nitrogens is 2. The van der Waals surface area contributed by atoms with Crippen LogP contribution in [0.15, 0.2) is 30.7 Å². The van der Waals surface area contributed by atoms with E-state index in [1.165, 1.54) is 6.33 Å². The molecule has 7 heteroatoms. The Kier molecular flexibility index (Phi) is 2.08. The van der Waals surface area contributed by atoms with E-state index in [9.17, 15) is 4.79 Å². The molecule has 7 nitrogen and oxygen atoms in total. The van der Waals surface area contributed by atoms with Gasteiger partial charge in [-0.3, -0.25) is 20.3 Å². The second-order valence-electron chi connectivity index (χ2n) is 3.45. The lowest BCUT2D eigenvalue weighted by Gasteiger charge is -2.00. The Morgan fingerprint density at radius 1 is 1.35 bits per heavy atom. The van der Waals surface area contributed by atoms with Gasteiger partial charge < -0.3 is 0 Å². The van der Waals surface area contributed by atoms with Crippen molar-refractivity contribution < 1.29 is 4.79 Å².